The summed E-state index contributed by atoms with van der Waals surface area (Å²) < 4.78 is 36.0. The van der Waals surface area contributed by atoms with Crippen molar-refractivity contribution in [1.29, 1.82) is 0 Å². The molecule has 0 fully saturated rings. The Kier molecular flexibility index (Phi) is 5.20. The van der Waals surface area contributed by atoms with Crippen LogP contribution in [0.4, 0.5) is 13.2 Å². The van der Waals surface area contributed by atoms with Crippen molar-refractivity contribution < 1.29 is 23.1 Å². The van der Waals surface area contributed by atoms with E-state index in [9.17, 15) is 18.0 Å². The molecule has 0 heterocycles. The summed E-state index contributed by atoms with van der Waals surface area (Å²) in [5, 5.41) is 11.6. The summed E-state index contributed by atoms with van der Waals surface area (Å²) in [7, 11) is 0. The molecule has 0 aliphatic heterocycles. The molecule has 1 rings (SSSR count). The van der Waals surface area contributed by atoms with Crippen molar-refractivity contribution in [3.8, 4) is 0 Å². The summed E-state index contributed by atoms with van der Waals surface area (Å²) >= 11 is 5.90. The molecule has 3 nitrogen and oxygen atoms in total. The molecule has 1 aromatic carbocycles. The minimum atomic E-state index is -4.53. The third-order valence-corrected chi connectivity index (χ3v) is 2.76. The summed E-state index contributed by atoms with van der Waals surface area (Å²) in [5.74, 6) is -1.12. The van der Waals surface area contributed by atoms with Gasteiger partial charge < -0.3 is 10.4 Å². The van der Waals surface area contributed by atoms with E-state index in [0.717, 1.165) is 5.56 Å². The van der Waals surface area contributed by atoms with E-state index in [1.165, 1.54) is 0 Å². The lowest BCUT2D eigenvalue weighted by Crippen LogP contribution is -2.28. The number of hydrogen-bond donors (Lipinski definition) is 2. The molecule has 0 atom stereocenters. The number of halogens is 4. The molecule has 1 amide bonds. The van der Waals surface area contributed by atoms with Crippen molar-refractivity contribution in [3.63, 3.8) is 0 Å². The van der Waals surface area contributed by atoms with Crippen molar-refractivity contribution in [3.05, 3.63) is 33.8 Å². The van der Waals surface area contributed by atoms with Crippen LogP contribution in [-0.2, 0) is 17.9 Å². The van der Waals surface area contributed by atoms with Gasteiger partial charge in [-0.05, 0) is 24.1 Å². The first-order valence-electron chi connectivity index (χ1n) is 5.45. The Hall–Kier alpha value is -1.27. The zero-order chi connectivity index (χ0) is 14.6. The molecule has 0 aromatic heterocycles. The third kappa shape index (κ3) is 5.08. The Morgan fingerprint density at radius 1 is 1.42 bits per heavy atom. The molecule has 7 heteroatoms. The monoisotopic (exact) mass is 295 g/mol. The summed E-state index contributed by atoms with van der Waals surface area (Å²) in [5.41, 5.74) is 1.70. The number of benzene rings is 1. The SMILES string of the molecule is Cc1cc(Cl)c(CO)c(CNC(=O)CC(F)(F)F)c1. The Morgan fingerprint density at radius 3 is 2.58 bits per heavy atom. The highest BCUT2D eigenvalue weighted by molar-refractivity contribution is 6.31. The van der Waals surface area contributed by atoms with E-state index >= 15 is 0 Å². The van der Waals surface area contributed by atoms with Crippen LogP contribution < -0.4 is 5.32 Å². The number of rotatable bonds is 4. The Labute approximate surface area is 113 Å². The molecule has 0 spiro atoms. The quantitative estimate of drug-likeness (QED) is 0.897. The standard InChI is InChI=1S/C12H13ClF3NO2/c1-7-2-8(9(6-18)10(13)3-7)5-17-11(19)4-12(14,15)16/h2-3,18H,4-6H2,1H3,(H,17,19). The van der Waals surface area contributed by atoms with E-state index in [1.807, 2.05) is 0 Å². The van der Waals surface area contributed by atoms with Crippen molar-refractivity contribution in [2.24, 2.45) is 0 Å². The highest BCUT2D eigenvalue weighted by Gasteiger charge is 2.31. The van der Waals surface area contributed by atoms with Gasteiger partial charge in [0.2, 0.25) is 5.91 Å². The largest absolute Gasteiger partial charge is 0.397 e. The van der Waals surface area contributed by atoms with E-state index in [4.69, 9.17) is 16.7 Å². The molecule has 106 valence electrons. The van der Waals surface area contributed by atoms with Gasteiger partial charge in [-0.1, -0.05) is 17.7 Å². The van der Waals surface area contributed by atoms with E-state index < -0.39 is 18.5 Å². The molecule has 2 N–H and O–H groups in total. The number of alkyl halides is 3. The van der Waals surface area contributed by atoms with Crippen LogP contribution in [0, 0.1) is 6.92 Å². The predicted molar refractivity (Wildman–Crippen MR) is 64.6 cm³/mol. The fourth-order valence-corrected chi connectivity index (χ4v) is 1.97. The average molecular weight is 296 g/mol. The Bertz CT molecular complexity index is 475. The lowest BCUT2D eigenvalue weighted by atomic mass is 10.0. The number of aliphatic hydroxyl groups is 1. The van der Waals surface area contributed by atoms with Gasteiger partial charge in [0.25, 0.3) is 0 Å². The van der Waals surface area contributed by atoms with E-state index in [1.54, 1.807) is 19.1 Å². The number of amides is 1. The molecule has 0 bridgehead atoms. The van der Waals surface area contributed by atoms with E-state index in [-0.39, 0.29) is 13.2 Å². The van der Waals surface area contributed by atoms with Crippen LogP contribution in [0.25, 0.3) is 0 Å². The van der Waals surface area contributed by atoms with Crippen LogP contribution in [0.1, 0.15) is 23.1 Å². The van der Waals surface area contributed by atoms with Crippen LogP contribution in [0.15, 0.2) is 12.1 Å². The summed E-state index contributed by atoms with van der Waals surface area (Å²) in [6.07, 6.45) is -6.06. The summed E-state index contributed by atoms with van der Waals surface area (Å²) in [6, 6.07) is 3.29. The first-order chi connectivity index (χ1) is 8.73. The molecular weight excluding hydrogens is 283 g/mol. The zero-order valence-electron chi connectivity index (χ0n) is 10.1. The first-order valence-corrected chi connectivity index (χ1v) is 5.83. The fourth-order valence-electron chi connectivity index (χ4n) is 1.62. The summed E-state index contributed by atoms with van der Waals surface area (Å²) in [4.78, 5) is 11.1. The van der Waals surface area contributed by atoms with Crippen molar-refractivity contribution in [2.75, 3.05) is 0 Å². The van der Waals surface area contributed by atoms with Crippen LogP contribution in [0.3, 0.4) is 0 Å². The van der Waals surface area contributed by atoms with Gasteiger partial charge in [-0.25, -0.2) is 0 Å². The molecule has 0 aliphatic carbocycles. The normalized spacial score (nSPS) is 11.5. The highest BCUT2D eigenvalue weighted by Crippen LogP contribution is 2.23. The molecule has 0 saturated heterocycles. The van der Waals surface area contributed by atoms with Gasteiger partial charge in [0, 0.05) is 17.1 Å². The molecule has 0 unspecified atom stereocenters. The number of aliphatic hydroxyl groups excluding tert-OH is 1. The predicted octanol–water partition coefficient (Wildman–Crippen LogP) is 2.71. The van der Waals surface area contributed by atoms with Gasteiger partial charge in [-0.2, -0.15) is 13.2 Å². The van der Waals surface area contributed by atoms with Gasteiger partial charge in [0.05, 0.1) is 6.61 Å². The number of carbonyl (C=O) groups is 1. The Balaban J connectivity index is 2.75. The topological polar surface area (TPSA) is 49.3 Å². The van der Waals surface area contributed by atoms with Gasteiger partial charge in [-0.3, -0.25) is 4.79 Å². The van der Waals surface area contributed by atoms with Crippen molar-refractivity contribution in [2.45, 2.75) is 32.7 Å². The smallest absolute Gasteiger partial charge is 0.392 e. The van der Waals surface area contributed by atoms with Crippen LogP contribution in [-0.4, -0.2) is 17.2 Å². The average Bonchev–Trinajstić information content (AvgIpc) is 2.23. The van der Waals surface area contributed by atoms with Crippen LogP contribution in [0.5, 0.6) is 0 Å². The van der Waals surface area contributed by atoms with Crippen molar-refractivity contribution >= 4 is 17.5 Å². The van der Waals surface area contributed by atoms with Gasteiger partial charge in [0.15, 0.2) is 0 Å². The van der Waals surface area contributed by atoms with Gasteiger partial charge >= 0.3 is 6.18 Å². The van der Waals surface area contributed by atoms with E-state index in [2.05, 4.69) is 5.32 Å². The maximum atomic E-state index is 12.0. The highest BCUT2D eigenvalue weighted by atomic mass is 35.5. The lowest BCUT2D eigenvalue weighted by molar-refractivity contribution is -0.153. The number of hydrogen-bond acceptors (Lipinski definition) is 2. The van der Waals surface area contributed by atoms with Crippen molar-refractivity contribution in [1.82, 2.24) is 5.32 Å². The molecule has 19 heavy (non-hydrogen) atoms. The minimum Gasteiger partial charge on any atom is -0.392 e. The maximum Gasteiger partial charge on any atom is 0.397 e. The number of carbonyl (C=O) groups excluding carboxylic acids is 1. The Morgan fingerprint density at radius 2 is 2.05 bits per heavy atom. The molecule has 0 saturated carbocycles. The maximum absolute atomic E-state index is 12.0. The molecular formula is C12H13ClF3NO2. The second kappa shape index (κ2) is 6.25. The third-order valence-electron chi connectivity index (χ3n) is 2.43. The van der Waals surface area contributed by atoms with Crippen LogP contribution >= 0.6 is 11.6 Å². The lowest BCUT2D eigenvalue weighted by Gasteiger charge is -2.12. The second-order valence-electron chi connectivity index (χ2n) is 4.11. The van der Waals surface area contributed by atoms with Gasteiger partial charge in [0.1, 0.15) is 6.42 Å². The molecule has 1 aromatic rings. The van der Waals surface area contributed by atoms with E-state index in [0.29, 0.717) is 16.1 Å². The van der Waals surface area contributed by atoms with Gasteiger partial charge in [-0.15, -0.1) is 0 Å². The molecule has 0 radical (unpaired) electrons. The number of aryl methyl sites for hydroxylation is 1. The number of nitrogens with one attached hydrogen (secondary N) is 1. The van der Waals surface area contributed by atoms with Crippen LogP contribution in [0.2, 0.25) is 5.02 Å². The minimum absolute atomic E-state index is 0.105. The second-order valence-corrected chi connectivity index (χ2v) is 4.52. The summed E-state index contributed by atoms with van der Waals surface area (Å²) in [6.45, 7) is 1.31. The molecule has 0 aliphatic rings. The first kappa shape index (κ1) is 15.8. The fraction of sp³-hybridized carbons (Fsp3) is 0.417. The zero-order valence-corrected chi connectivity index (χ0v) is 10.9.